The first kappa shape index (κ1) is 15.2. The third-order valence-electron chi connectivity index (χ3n) is 4.53. The van der Waals surface area contributed by atoms with Crippen LogP contribution in [0.1, 0.15) is 27.4 Å². The molecule has 0 aromatic heterocycles. The molecule has 124 valence electrons. The third-order valence-corrected chi connectivity index (χ3v) is 4.53. The Bertz CT molecular complexity index is 954. The molecule has 4 rings (SSSR count). The van der Waals surface area contributed by atoms with Crippen LogP contribution in [0.5, 0.6) is 11.5 Å². The Hall–Kier alpha value is -3.34. The summed E-state index contributed by atoms with van der Waals surface area (Å²) >= 11 is 0. The average Bonchev–Trinajstić information content (AvgIpc) is 2.59. The number of carboxylic acids is 1. The number of hydrogen-bond acceptors (Lipinski definition) is 4. The summed E-state index contributed by atoms with van der Waals surface area (Å²) in [5, 5.41) is 19.3. The van der Waals surface area contributed by atoms with E-state index in [0.29, 0.717) is 17.1 Å². The fourth-order valence-corrected chi connectivity index (χ4v) is 3.46. The van der Waals surface area contributed by atoms with Crippen molar-refractivity contribution in [1.82, 2.24) is 0 Å². The Morgan fingerprint density at radius 2 is 1.88 bits per heavy atom. The van der Waals surface area contributed by atoms with Gasteiger partial charge in [-0.3, -0.25) is 4.79 Å². The lowest BCUT2D eigenvalue weighted by Gasteiger charge is -2.35. The van der Waals surface area contributed by atoms with E-state index >= 15 is 0 Å². The summed E-state index contributed by atoms with van der Waals surface area (Å²) in [5.41, 5.74) is 1.62. The number of benzene rings is 2. The van der Waals surface area contributed by atoms with E-state index < -0.39 is 5.97 Å². The molecule has 2 N–H and O–H groups in total. The van der Waals surface area contributed by atoms with Gasteiger partial charge >= 0.3 is 5.97 Å². The Morgan fingerprint density at radius 1 is 1.08 bits per heavy atom. The molecule has 0 amide bonds. The van der Waals surface area contributed by atoms with E-state index in [-0.39, 0.29) is 28.9 Å². The molecular weight excluding hydrogens is 320 g/mol. The summed E-state index contributed by atoms with van der Waals surface area (Å²) in [5.74, 6) is -0.876. The van der Waals surface area contributed by atoms with E-state index in [4.69, 9.17) is 4.74 Å². The highest BCUT2D eigenvalue weighted by Crippen LogP contribution is 2.48. The van der Waals surface area contributed by atoms with Crippen molar-refractivity contribution in [2.75, 3.05) is 0 Å². The quantitative estimate of drug-likeness (QED) is 0.881. The Balaban J connectivity index is 1.97. The van der Waals surface area contributed by atoms with Gasteiger partial charge in [0.15, 0.2) is 5.78 Å². The molecule has 0 spiro atoms. The van der Waals surface area contributed by atoms with E-state index in [0.717, 1.165) is 5.56 Å². The first-order valence-corrected chi connectivity index (χ1v) is 7.81. The van der Waals surface area contributed by atoms with Crippen molar-refractivity contribution in [3.63, 3.8) is 0 Å². The summed E-state index contributed by atoms with van der Waals surface area (Å²) in [4.78, 5) is 23.4. The summed E-state index contributed by atoms with van der Waals surface area (Å²) in [7, 11) is 0. The van der Waals surface area contributed by atoms with Crippen molar-refractivity contribution in [1.29, 1.82) is 0 Å². The smallest absolute Gasteiger partial charge is 0.335 e. The summed E-state index contributed by atoms with van der Waals surface area (Å²) in [6.45, 7) is 0. The number of fused-ring (bicyclic) bond motifs is 2. The highest BCUT2D eigenvalue weighted by atomic mass is 16.5. The molecule has 1 aliphatic heterocycles. The van der Waals surface area contributed by atoms with E-state index in [1.807, 2.05) is 0 Å². The summed E-state index contributed by atoms with van der Waals surface area (Å²) in [6, 6.07) is 11.6. The summed E-state index contributed by atoms with van der Waals surface area (Å²) < 4.78 is 5.82. The lowest BCUT2D eigenvalue weighted by molar-refractivity contribution is -0.110. The molecule has 25 heavy (non-hydrogen) atoms. The molecule has 2 atom stereocenters. The number of aromatic hydroxyl groups is 1. The van der Waals surface area contributed by atoms with Crippen LogP contribution in [0.25, 0.3) is 0 Å². The molecule has 2 aromatic carbocycles. The highest BCUT2D eigenvalue weighted by molar-refractivity contribution is 6.01. The first-order valence-electron chi connectivity index (χ1n) is 7.81. The number of ketones is 1. The fraction of sp³-hybridized carbons (Fsp3) is 0.100. The van der Waals surface area contributed by atoms with Gasteiger partial charge in [-0.1, -0.05) is 30.3 Å². The van der Waals surface area contributed by atoms with Crippen LogP contribution in [-0.2, 0) is 4.79 Å². The van der Waals surface area contributed by atoms with Gasteiger partial charge in [-0.25, -0.2) is 4.79 Å². The molecule has 2 aliphatic rings. The van der Waals surface area contributed by atoms with E-state index in [1.54, 1.807) is 42.5 Å². The van der Waals surface area contributed by atoms with Gasteiger partial charge in [0.1, 0.15) is 17.3 Å². The van der Waals surface area contributed by atoms with Crippen LogP contribution in [0.2, 0.25) is 0 Å². The molecule has 5 nitrogen and oxygen atoms in total. The second-order valence-corrected chi connectivity index (χ2v) is 6.03. The minimum absolute atomic E-state index is 0.0424. The summed E-state index contributed by atoms with van der Waals surface area (Å²) in [6.07, 6.45) is 4.63. The normalized spacial score (nSPS) is 21.0. The van der Waals surface area contributed by atoms with Gasteiger partial charge in [-0.2, -0.15) is 0 Å². The number of carbonyl (C=O) groups excluding carboxylic acids is 1. The number of carbonyl (C=O) groups is 2. The molecular formula is C20H14O5. The number of carboxylic acid groups (broad SMARTS) is 1. The minimum Gasteiger partial charge on any atom is -0.508 e. The standard InChI is InChI=1S/C20H14O5/c21-11-5-7-15-17(9-11)25-18-10-12(22)6-8-16(18)19(15)13-3-1-2-4-14(13)20(23)24/h1-10,15,19,22H,(H,23,24). The van der Waals surface area contributed by atoms with Gasteiger partial charge in [0.2, 0.25) is 0 Å². The number of rotatable bonds is 2. The zero-order valence-electron chi connectivity index (χ0n) is 13.0. The lowest BCUT2D eigenvalue weighted by Crippen LogP contribution is -2.27. The number of aromatic carboxylic acids is 1. The molecule has 1 aliphatic carbocycles. The van der Waals surface area contributed by atoms with Crippen LogP contribution in [0.3, 0.4) is 0 Å². The number of hydrogen-bond donors (Lipinski definition) is 2. The highest BCUT2D eigenvalue weighted by Gasteiger charge is 2.38. The Kier molecular flexibility index (Phi) is 3.42. The molecule has 2 aromatic rings. The van der Waals surface area contributed by atoms with Crippen LogP contribution >= 0.6 is 0 Å². The predicted molar refractivity (Wildman–Crippen MR) is 89.7 cm³/mol. The molecule has 0 radical (unpaired) electrons. The van der Waals surface area contributed by atoms with Crippen molar-refractivity contribution < 1.29 is 24.5 Å². The molecule has 0 saturated heterocycles. The molecule has 5 heteroatoms. The van der Waals surface area contributed by atoms with Crippen LogP contribution in [0.4, 0.5) is 0 Å². The van der Waals surface area contributed by atoms with Crippen LogP contribution in [-0.4, -0.2) is 22.0 Å². The van der Waals surface area contributed by atoms with Gasteiger partial charge < -0.3 is 14.9 Å². The molecule has 0 bridgehead atoms. The topological polar surface area (TPSA) is 83.8 Å². The van der Waals surface area contributed by atoms with Gasteiger partial charge in [0.05, 0.1) is 5.56 Å². The molecule has 1 heterocycles. The zero-order valence-corrected chi connectivity index (χ0v) is 13.0. The van der Waals surface area contributed by atoms with Crippen LogP contribution in [0, 0.1) is 5.92 Å². The maximum Gasteiger partial charge on any atom is 0.335 e. The Labute approximate surface area is 143 Å². The largest absolute Gasteiger partial charge is 0.508 e. The lowest BCUT2D eigenvalue weighted by atomic mass is 9.74. The maximum absolute atomic E-state index is 11.7. The monoisotopic (exact) mass is 334 g/mol. The van der Waals surface area contributed by atoms with Crippen molar-refractivity contribution >= 4 is 11.8 Å². The predicted octanol–water partition coefficient (Wildman–Crippen LogP) is 3.25. The van der Waals surface area contributed by atoms with Crippen molar-refractivity contribution in [2.45, 2.75) is 5.92 Å². The van der Waals surface area contributed by atoms with Gasteiger partial charge in [0, 0.05) is 29.5 Å². The SMILES string of the molecule is O=C1C=CC2C(=C1)Oc1cc(O)ccc1C2c1ccccc1C(=O)O. The maximum atomic E-state index is 11.7. The number of phenols is 1. The van der Waals surface area contributed by atoms with E-state index in [1.165, 1.54) is 18.2 Å². The first-order chi connectivity index (χ1) is 12.0. The number of phenolic OH excluding ortho intramolecular Hbond substituents is 1. The van der Waals surface area contributed by atoms with Gasteiger partial charge in [0.25, 0.3) is 0 Å². The van der Waals surface area contributed by atoms with E-state index in [9.17, 15) is 19.8 Å². The molecule has 0 fully saturated rings. The third kappa shape index (κ3) is 2.50. The van der Waals surface area contributed by atoms with Crippen molar-refractivity contribution in [3.8, 4) is 11.5 Å². The fourth-order valence-electron chi connectivity index (χ4n) is 3.46. The van der Waals surface area contributed by atoms with Crippen LogP contribution in [0.15, 0.2) is 66.5 Å². The van der Waals surface area contributed by atoms with E-state index in [2.05, 4.69) is 0 Å². The molecule has 0 saturated carbocycles. The average molecular weight is 334 g/mol. The zero-order chi connectivity index (χ0) is 17.6. The minimum atomic E-state index is -1.01. The van der Waals surface area contributed by atoms with Crippen LogP contribution < -0.4 is 4.74 Å². The Morgan fingerprint density at radius 3 is 2.68 bits per heavy atom. The van der Waals surface area contributed by atoms with Gasteiger partial charge in [-0.15, -0.1) is 0 Å². The second-order valence-electron chi connectivity index (χ2n) is 6.03. The number of ether oxygens (including phenoxy) is 1. The van der Waals surface area contributed by atoms with Crippen molar-refractivity contribution in [2.24, 2.45) is 5.92 Å². The van der Waals surface area contributed by atoms with Gasteiger partial charge in [-0.05, 0) is 23.8 Å². The number of allylic oxidation sites excluding steroid dienone is 3. The van der Waals surface area contributed by atoms with Crippen molar-refractivity contribution in [3.05, 3.63) is 83.1 Å². The molecule has 2 unspecified atom stereocenters. The second kappa shape index (κ2) is 5.63.